The molecule has 1 aromatic heterocycles. The normalized spacial score (nSPS) is 30.1. The first kappa shape index (κ1) is 20.4. The molecule has 0 saturated heterocycles. The fourth-order valence-electron chi connectivity index (χ4n) is 5.73. The number of aliphatic carboxylic acids is 1. The third-order valence-corrected chi connectivity index (χ3v) is 8.34. The zero-order valence-electron chi connectivity index (χ0n) is 17.0. The summed E-state index contributed by atoms with van der Waals surface area (Å²) < 4.78 is 5.28. The number of rotatable bonds is 6. The summed E-state index contributed by atoms with van der Waals surface area (Å²) in [4.78, 5) is 38.8. The lowest BCUT2D eigenvalue weighted by Gasteiger charge is -2.27. The highest BCUT2D eigenvalue weighted by atomic mass is 32.1. The van der Waals surface area contributed by atoms with Gasteiger partial charge in [0, 0.05) is 4.88 Å². The lowest BCUT2D eigenvalue weighted by molar-refractivity contribution is -0.148. The molecular formula is C22H29NO5S. The Morgan fingerprint density at radius 3 is 2.52 bits per heavy atom. The Bertz CT molecular complexity index is 831. The van der Waals surface area contributed by atoms with Crippen molar-refractivity contribution in [3.05, 3.63) is 16.0 Å². The van der Waals surface area contributed by atoms with Crippen LogP contribution in [-0.2, 0) is 27.2 Å². The number of carboxylic acid groups (broad SMARTS) is 1. The van der Waals surface area contributed by atoms with E-state index in [1.807, 2.05) is 0 Å². The molecule has 7 heteroatoms. The molecule has 0 unspecified atom stereocenters. The van der Waals surface area contributed by atoms with Gasteiger partial charge < -0.3 is 15.2 Å². The van der Waals surface area contributed by atoms with E-state index in [-0.39, 0.29) is 24.3 Å². The number of carboxylic acids is 1. The monoisotopic (exact) mass is 419 g/mol. The van der Waals surface area contributed by atoms with Crippen molar-refractivity contribution >= 4 is 34.2 Å². The number of carbonyl (C=O) groups excluding carboxylic acids is 2. The van der Waals surface area contributed by atoms with Crippen LogP contribution in [0.5, 0.6) is 0 Å². The predicted octanol–water partition coefficient (Wildman–Crippen LogP) is 4.13. The number of hydrogen-bond acceptors (Lipinski definition) is 5. The first-order chi connectivity index (χ1) is 13.9. The molecule has 158 valence electrons. The molecule has 2 saturated carbocycles. The second kappa shape index (κ2) is 8.09. The number of hydrogen-bond donors (Lipinski definition) is 2. The van der Waals surface area contributed by atoms with Crippen LogP contribution in [0, 0.1) is 29.6 Å². The summed E-state index contributed by atoms with van der Waals surface area (Å²) in [6.07, 6.45) is 6.50. The van der Waals surface area contributed by atoms with Crippen molar-refractivity contribution in [3.8, 4) is 0 Å². The summed E-state index contributed by atoms with van der Waals surface area (Å²) in [5.74, 6) is -1.81. The minimum atomic E-state index is -0.876. The minimum absolute atomic E-state index is 0.0969. The van der Waals surface area contributed by atoms with Gasteiger partial charge in [0.1, 0.15) is 5.00 Å². The fraction of sp³-hybridized carbons (Fsp3) is 0.682. The molecule has 1 heterocycles. The van der Waals surface area contributed by atoms with Gasteiger partial charge in [-0.2, -0.15) is 0 Å². The Morgan fingerprint density at radius 1 is 1.14 bits per heavy atom. The van der Waals surface area contributed by atoms with Crippen LogP contribution in [0.25, 0.3) is 0 Å². The Hall–Kier alpha value is -1.89. The molecule has 0 radical (unpaired) electrons. The molecule has 2 fully saturated rings. The molecule has 1 amide bonds. The largest absolute Gasteiger partial charge is 0.481 e. The summed E-state index contributed by atoms with van der Waals surface area (Å²) in [6, 6.07) is 0. The van der Waals surface area contributed by atoms with E-state index in [4.69, 9.17) is 4.74 Å². The van der Waals surface area contributed by atoms with E-state index >= 15 is 0 Å². The maximum Gasteiger partial charge on any atom is 0.341 e. The van der Waals surface area contributed by atoms with Crippen LogP contribution in [0.3, 0.4) is 0 Å². The Kier molecular flexibility index (Phi) is 5.69. The number of nitrogens with one attached hydrogen (secondary N) is 1. The molecular weight excluding hydrogens is 390 g/mol. The van der Waals surface area contributed by atoms with Crippen molar-refractivity contribution in [1.82, 2.24) is 0 Å². The highest BCUT2D eigenvalue weighted by Crippen LogP contribution is 2.53. The second-order valence-corrected chi connectivity index (χ2v) is 9.76. The smallest absolute Gasteiger partial charge is 0.341 e. The molecule has 0 aliphatic heterocycles. The summed E-state index contributed by atoms with van der Waals surface area (Å²) >= 11 is 1.47. The molecule has 5 atom stereocenters. The quantitative estimate of drug-likeness (QED) is 0.677. The van der Waals surface area contributed by atoms with Crippen LogP contribution >= 0.6 is 11.3 Å². The van der Waals surface area contributed by atoms with E-state index < -0.39 is 23.8 Å². The van der Waals surface area contributed by atoms with Crippen LogP contribution < -0.4 is 5.32 Å². The third-order valence-electron chi connectivity index (χ3n) is 7.17. The number of thiophene rings is 1. The topological polar surface area (TPSA) is 92.7 Å². The molecule has 4 rings (SSSR count). The summed E-state index contributed by atoms with van der Waals surface area (Å²) in [5.41, 5.74) is 1.50. The Balaban J connectivity index is 1.62. The van der Waals surface area contributed by atoms with Crippen molar-refractivity contribution < 1.29 is 24.2 Å². The van der Waals surface area contributed by atoms with Crippen molar-refractivity contribution in [1.29, 1.82) is 0 Å². The van der Waals surface area contributed by atoms with Gasteiger partial charge in [-0.15, -0.1) is 11.3 Å². The van der Waals surface area contributed by atoms with Gasteiger partial charge in [0.2, 0.25) is 5.91 Å². The molecule has 29 heavy (non-hydrogen) atoms. The molecule has 0 spiro atoms. The number of esters is 1. The van der Waals surface area contributed by atoms with Crippen LogP contribution in [-0.4, -0.2) is 29.6 Å². The van der Waals surface area contributed by atoms with Crippen LogP contribution in [0.1, 0.15) is 66.8 Å². The number of ether oxygens (including phenoxy) is 1. The lowest BCUT2D eigenvalue weighted by atomic mass is 9.78. The van der Waals surface area contributed by atoms with Gasteiger partial charge in [-0.05, 0) is 68.8 Å². The molecule has 3 aliphatic rings. The number of carbonyl (C=O) groups is 3. The van der Waals surface area contributed by atoms with E-state index in [1.54, 1.807) is 6.92 Å². The molecule has 2 bridgehead atoms. The minimum Gasteiger partial charge on any atom is -0.481 e. The highest BCUT2D eigenvalue weighted by molar-refractivity contribution is 7.17. The molecule has 1 aromatic rings. The first-order valence-corrected chi connectivity index (χ1v) is 11.6. The average Bonchev–Trinajstić information content (AvgIpc) is 3.39. The highest BCUT2D eigenvalue weighted by Gasteiger charge is 2.54. The molecule has 6 nitrogen and oxygen atoms in total. The van der Waals surface area contributed by atoms with Gasteiger partial charge in [-0.1, -0.05) is 13.3 Å². The van der Waals surface area contributed by atoms with E-state index in [2.05, 4.69) is 12.2 Å². The van der Waals surface area contributed by atoms with E-state index in [0.29, 0.717) is 16.5 Å². The molecule has 0 aromatic carbocycles. The lowest BCUT2D eigenvalue weighted by Crippen LogP contribution is -2.38. The SMILES string of the molecule is CCOC(=O)c1c(NC(=O)[C@@H]2[C@H]3CC[C@@H](C3)[C@@H]2C(=O)O)sc2c1CC[C@H](CC)C2. The van der Waals surface area contributed by atoms with Gasteiger partial charge in [0.25, 0.3) is 0 Å². The van der Waals surface area contributed by atoms with Crippen molar-refractivity contribution in [2.45, 2.75) is 58.8 Å². The van der Waals surface area contributed by atoms with Crippen LogP contribution in [0.4, 0.5) is 5.00 Å². The predicted molar refractivity (Wildman–Crippen MR) is 110 cm³/mol. The zero-order valence-corrected chi connectivity index (χ0v) is 17.8. The van der Waals surface area contributed by atoms with Crippen molar-refractivity contribution in [2.24, 2.45) is 29.6 Å². The summed E-state index contributed by atoms with van der Waals surface area (Å²) in [5, 5.41) is 13.2. The van der Waals surface area contributed by atoms with Gasteiger partial charge in [-0.3, -0.25) is 9.59 Å². The summed E-state index contributed by atoms with van der Waals surface area (Å²) in [6.45, 7) is 4.23. The van der Waals surface area contributed by atoms with Gasteiger partial charge in [0.15, 0.2) is 0 Å². The summed E-state index contributed by atoms with van der Waals surface area (Å²) in [7, 11) is 0. The average molecular weight is 420 g/mol. The second-order valence-electron chi connectivity index (χ2n) is 8.66. The van der Waals surface area contributed by atoms with Gasteiger partial charge >= 0.3 is 11.9 Å². The Labute approximate surface area is 175 Å². The van der Waals surface area contributed by atoms with Gasteiger partial charge in [0.05, 0.1) is 24.0 Å². The van der Waals surface area contributed by atoms with Crippen molar-refractivity contribution in [2.75, 3.05) is 11.9 Å². The Morgan fingerprint density at radius 2 is 1.86 bits per heavy atom. The van der Waals surface area contributed by atoms with Crippen LogP contribution in [0.2, 0.25) is 0 Å². The van der Waals surface area contributed by atoms with Crippen molar-refractivity contribution in [3.63, 3.8) is 0 Å². The molecule has 2 N–H and O–H groups in total. The van der Waals surface area contributed by atoms with E-state index in [9.17, 15) is 19.5 Å². The van der Waals surface area contributed by atoms with E-state index in [0.717, 1.165) is 55.4 Å². The maximum absolute atomic E-state index is 13.2. The first-order valence-electron chi connectivity index (χ1n) is 10.8. The zero-order chi connectivity index (χ0) is 20.7. The number of fused-ring (bicyclic) bond motifs is 3. The van der Waals surface area contributed by atoms with Gasteiger partial charge in [-0.25, -0.2) is 4.79 Å². The van der Waals surface area contributed by atoms with E-state index in [1.165, 1.54) is 11.3 Å². The number of amides is 1. The number of anilines is 1. The van der Waals surface area contributed by atoms with Crippen LogP contribution in [0.15, 0.2) is 0 Å². The standard InChI is InChI=1S/C22H29NO5S/c1-3-11-5-8-14-15(9-11)29-20(18(14)22(27)28-4-2)23-19(24)16-12-6-7-13(10-12)17(16)21(25)26/h11-13,16-17H,3-10H2,1-2H3,(H,23,24)(H,25,26)/t11-,12-,13-,16+,17-/m0/s1. The fourth-order valence-corrected chi connectivity index (χ4v) is 7.08. The molecule has 3 aliphatic carbocycles. The maximum atomic E-state index is 13.2. The third kappa shape index (κ3) is 3.58.